The molecule has 0 saturated carbocycles. The summed E-state index contributed by atoms with van der Waals surface area (Å²) in [6.45, 7) is 1.40. The third-order valence-corrected chi connectivity index (χ3v) is 3.17. The van der Waals surface area contributed by atoms with E-state index in [1.54, 1.807) is 0 Å². The topological polar surface area (TPSA) is 141 Å². The van der Waals surface area contributed by atoms with E-state index in [4.69, 9.17) is 10.8 Å². The Kier molecular flexibility index (Phi) is 5.75. The number of rotatable bonds is 7. The van der Waals surface area contributed by atoms with Gasteiger partial charge in [0.25, 0.3) is 5.78 Å². The molecule has 0 aliphatic heterocycles. The average molecular weight is 267 g/mol. The van der Waals surface area contributed by atoms with Crippen LogP contribution in [0.3, 0.4) is 0 Å². The van der Waals surface area contributed by atoms with Crippen LogP contribution in [-0.4, -0.2) is 55.4 Å². The summed E-state index contributed by atoms with van der Waals surface area (Å²) in [5, 5.41) is 8.41. The standard InChI is InChI=1S/C8H13NO7S/c1-2-16-8(13)6(10)4-17(14,15)3-5(9)7(11)12/h5H,2-4,9H2,1H3,(H,11,12). The van der Waals surface area contributed by atoms with Gasteiger partial charge in [0.05, 0.1) is 12.4 Å². The smallest absolute Gasteiger partial charge is 0.375 e. The molecule has 17 heavy (non-hydrogen) atoms. The number of carbonyl (C=O) groups excluding carboxylic acids is 2. The molecule has 0 saturated heterocycles. The number of esters is 1. The molecule has 0 fully saturated rings. The average Bonchev–Trinajstić information content (AvgIpc) is 2.16. The molecule has 0 aromatic carbocycles. The minimum Gasteiger partial charge on any atom is -0.480 e. The summed E-state index contributed by atoms with van der Waals surface area (Å²) in [4.78, 5) is 32.2. The van der Waals surface area contributed by atoms with Crippen molar-refractivity contribution in [3.8, 4) is 0 Å². The van der Waals surface area contributed by atoms with Gasteiger partial charge < -0.3 is 15.6 Å². The summed E-state index contributed by atoms with van der Waals surface area (Å²) in [5.41, 5.74) is 5.01. The van der Waals surface area contributed by atoms with Crippen molar-refractivity contribution >= 4 is 27.6 Å². The summed E-state index contributed by atoms with van der Waals surface area (Å²) >= 11 is 0. The van der Waals surface area contributed by atoms with Gasteiger partial charge in [0.1, 0.15) is 11.8 Å². The number of carbonyl (C=O) groups is 3. The Labute approximate surface area is 97.7 Å². The van der Waals surface area contributed by atoms with Gasteiger partial charge in [-0.05, 0) is 6.92 Å². The number of nitrogens with two attached hydrogens (primary N) is 1. The van der Waals surface area contributed by atoms with Crippen LogP contribution in [0.5, 0.6) is 0 Å². The fraction of sp³-hybridized carbons (Fsp3) is 0.625. The third kappa shape index (κ3) is 5.97. The van der Waals surface area contributed by atoms with Crippen molar-refractivity contribution in [2.75, 3.05) is 18.1 Å². The van der Waals surface area contributed by atoms with Gasteiger partial charge in [0, 0.05) is 0 Å². The number of carboxylic acids is 1. The minimum atomic E-state index is -4.04. The molecular weight excluding hydrogens is 254 g/mol. The van der Waals surface area contributed by atoms with Crippen molar-refractivity contribution in [2.24, 2.45) is 5.73 Å². The predicted octanol–water partition coefficient (Wildman–Crippen LogP) is -2.05. The highest BCUT2D eigenvalue weighted by atomic mass is 32.2. The van der Waals surface area contributed by atoms with Gasteiger partial charge in [-0.2, -0.15) is 0 Å². The fourth-order valence-corrected chi connectivity index (χ4v) is 2.20. The molecule has 1 unspecified atom stereocenters. The summed E-state index contributed by atoms with van der Waals surface area (Å²) < 4.78 is 26.9. The lowest BCUT2D eigenvalue weighted by atomic mass is 10.4. The minimum absolute atomic E-state index is 0.0563. The van der Waals surface area contributed by atoms with Crippen molar-refractivity contribution in [3.63, 3.8) is 0 Å². The van der Waals surface area contributed by atoms with Crippen LogP contribution >= 0.6 is 0 Å². The van der Waals surface area contributed by atoms with E-state index in [9.17, 15) is 22.8 Å². The Hall–Kier alpha value is -1.48. The Morgan fingerprint density at radius 1 is 1.35 bits per heavy atom. The van der Waals surface area contributed by atoms with Crippen LogP contribution in [0.2, 0.25) is 0 Å². The number of hydrogen-bond acceptors (Lipinski definition) is 7. The molecule has 8 nitrogen and oxygen atoms in total. The summed E-state index contributed by atoms with van der Waals surface area (Å²) in [6.07, 6.45) is 0. The zero-order chi connectivity index (χ0) is 13.6. The van der Waals surface area contributed by atoms with Gasteiger partial charge in [0.2, 0.25) is 0 Å². The van der Waals surface area contributed by atoms with E-state index in [1.165, 1.54) is 6.92 Å². The van der Waals surface area contributed by atoms with Gasteiger partial charge in [-0.15, -0.1) is 0 Å². The predicted molar refractivity (Wildman–Crippen MR) is 55.9 cm³/mol. The van der Waals surface area contributed by atoms with E-state index in [1.807, 2.05) is 0 Å². The van der Waals surface area contributed by atoms with E-state index in [0.717, 1.165) is 0 Å². The second-order valence-corrected chi connectivity index (χ2v) is 5.25. The van der Waals surface area contributed by atoms with Gasteiger partial charge in [-0.25, -0.2) is 13.2 Å². The normalized spacial score (nSPS) is 12.8. The van der Waals surface area contributed by atoms with Crippen LogP contribution in [0.4, 0.5) is 0 Å². The number of sulfone groups is 1. The largest absolute Gasteiger partial charge is 0.480 e. The molecule has 0 rings (SSSR count). The van der Waals surface area contributed by atoms with Crippen molar-refractivity contribution in [1.82, 2.24) is 0 Å². The Bertz CT molecular complexity index is 414. The zero-order valence-electron chi connectivity index (χ0n) is 9.08. The maximum atomic E-state index is 11.3. The van der Waals surface area contributed by atoms with E-state index in [-0.39, 0.29) is 6.61 Å². The number of aliphatic carboxylic acids is 1. The molecule has 0 spiro atoms. The summed E-state index contributed by atoms with van der Waals surface area (Å²) in [6, 6.07) is -1.63. The highest BCUT2D eigenvalue weighted by Crippen LogP contribution is 1.96. The first-order chi connectivity index (χ1) is 7.69. The van der Waals surface area contributed by atoms with E-state index < -0.39 is 45.1 Å². The lowest BCUT2D eigenvalue weighted by molar-refractivity contribution is -0.152. The van der Waals surface area contributed by atoms with Crippen LogP contribution in [0.25, 0.3) is 0 Å². The molecule has 9 heteroatoms. The maximum Gasteiger partial charge on any atom is 0.375 e. The van der Waals surface area contributed by atoms with Gasteiger partial charge in [0.15, 0.2) is 9.84 Å². The number of carboxylic acid groups (broad SMARTS) is 1. The number of Topliss-reactive ketones (excluding diaryl/α,β-unsaturated/α-hetero) is 1. The zero-order valence-corrected chi connectivity index (χ0v) is 9.90. The Balaban J connectivity index is 4.51. The maximum absolute atomic E-state index is 11.3. The lowest BCUT2D eigenvalue weighted by Crippen LogP contribution is -2.39. The first-order valence-corrected chi connectivity index (χ1v) is 6.40. The van der Waals surface area contributed by atoms with Gasteiger partial charge in [-0.3, -0.25) is 9.59 Å². The van der Waals surface area contributed by atoms with Crippen LogP contribution in [0.1, 0.15) is 6.92 Å². The quantitative estimate of drug-likeness (QED) is 0.396. The first-order valence-electron chi connectivity index (χ1n) is 4.58. The molecule has 0 aromatic heterocycles. The summed E-state index contributed by atoms with van der Waals surface area (Å²) in [5.74, 6) is -6.03. The molecule has 98 valence electrons. The number of ketones is 1. The lowest BCUT2D eigenvalue weighted by Gasteiger charge is -2.06. The molecule has 1 atom stereocenters. The monoisotopic (exact) mass is 267 g/mol. The second-order valence-electron chi connectivity index (χ2n) is 3.14. The van der Waals surface area contributed by atoms with E-state index in [0.29, 0.717) is 0 Å². The molecule has 0 aliphatic carbocycles. The number of ether oxygens (including phenoxy) is 1. The highest BCUT2D eigenvalue weighted by molar-refractivity contribution is 7.92. The Morgan fingerprint density at radius 3 is 2.29 bits per heavy atom. The highest BCUT2D eigenvalue weighted by Gasteiger charge is 2.27. The van der Waals surface area contributed by atoms with Crippen LogP contribution in [-0.2, 0) is 29.0 Å². The van der Waals surface area contributed by atoms with E-state index >= 15 is 0 Å². The van der Waals surface area contributed by atoms with E-state index in [2.05, 4.69) is 4.74 Å². The molecule has 0 heterocycles. The van der Waals surface area contributed by atoms with Gasteiger partial charge in [-0.1, -0.05) is 0 Å². The fourth-order valence-electron chi connectivity index (χ4n) is 0.874. The second kappa shape index (κ2) is 6.30. The molecule has 3 N–H and O–H groups in total. The number of hydrogen-bond donors (Lipinski definition) is 2. The molecule has 0 radical (unpaired) electrons. The van der Waals surface area contributed by atoms with Crippen molar-refractivity contribution in [3.05, 3.63) is 0 Å². The Morgan fingerprint density at radius 2 is 1.88 bits per heavy atom. The molecular formula is C8H13NO7S. The van der Waals surface area contributed by atoms with Crippen molar-refractivity contribution in [1.29, 1.82) is 0 Å². The molecule has 0 bridgehead atoms. The third-order valence-electron chi connectivity index (χ3n) is 1.60. The first kappa shape index (κ1) is 15.5. The van der Waals surface area contributed by atoms with Crippen molar-refractivity contribution < 1.29 is 32.6 Å². The molecule has 0 aromatic rings. The van der Waals surface area contributed by atoms with Crippen LogP contribution in [0, 0.1) is 0 Å². The van der Waals surface area contributed by atoms with Crippen LogP contribution < -0.4 is 5.73 Å². The SMILES string of the molecule is CCOC(=O)C(=O)CS(=O)(=O)CC(N)C(=O)O. The van der Waals surface area contributed by atoms with Crippen molar-refractivity contribution in [2.45, 2.75) is 13.0 Å². The summed E-state index contributed by atoms with van der Waals surface area (Å²) in [7, 11) is -4.04. The molecule has 0 amide bonds. The van der Waals surface area contributed by atoms with Gasteiger partial charge >= 0.3 is 11.9 Å². The molecule has 0 aliphatic rings. The van der Waals surface area contributed by atoms with Crippen LogP contribution in [0.15, 0.2) is 0 Å².